The van der Waals surface area contributed by atoms with Gasteiger partial charge in [-0.3, -0.25) is 0 Å². The Bertz CT molecular complexity index is 337. The van der Waals surface area contributed by atoms with Crippen LogP contribution >= 0.6 is 0 Å². The molecule has 0 radical (unpaired) electrons. The van der Waals surface area contributed by atoms with Gasteiger partial charge in [-0.25, -0.2) is 4.79 Å². The average molecular weight is 242 g/mol. The molecule has 0 aliphatic carbocycles. The zero-order valence-corrected chi connectivity index (χ0v) is 10.4. The summed E-state index contributed by atoms with van der Waals surface area (Å²) in [6.07, 6.45) is 5.76. The van der Waals surface area contributed by atoms with E-state index in [0.717, 1.165) is 12.8 Å². The smallest absolute Gasteiger partial charge is 0.356 e. The Labute approximate surface area is 101 Å². The Morgan fingerprint density at radius 1 is 1.29 bits per heavy atom. The van der Waals surface area contributed by atoms with Crippen molar-refractivity contribution in [2.45, 2.75) is 52.4 Å². The van der Waals surface area contributed by atoms with Crippen molar-refractivity contribution in [3.63, 3.8) is 0 Å². The Morgan fingerprint density at radius 3 is 2.47 bits per heavy atom. The Hall–Kier alpha value is -1.23. The van der Waals surface area contributed by atoms with Crippen molar-refractivity contribution >= 4 is 6.16 Å². The average Bonchev–Trinajstić information content (AvgIpc) is 2.20. The maximum Gasteiger partial charge on any atom is 0.519 e. The number of hydrogen-bond donors (Lipinski definition) is 0. The van der Waals surface area contributed by atoms with Crippen LogP contribution in [-0.4, -0.2) is 12.1 Å². The number of rotatable bonds is 5. The van der Waals surface area contributed by atoms with Gasteiger partial charge in [-0.1, -0.05) is 44.9 Å². The van der Waals surface area contributed by atoms with Crippen molar-refractivity contribution in [2.24, 2.45) is 5.41 Å². The number of carbonyl (C=O) groups is 1. The van der Waals surface area contributed by atoms with Gasteiger partial charge in [0.2, 0.25) is 0 Å². The number of hydrogen-bond acceptors (Lipinski definition) is 5. The van der Waals surface area contributed by atoms with Crippen molar-refractivity contribution in [3.8, 4) is 0 Å². The molecule has 1 spiro atoms. The highest BCUT2D eigenvalue weighted by Gasteiger charge is 2.65. The van der Waals surface area contributed by atoms with E-state index in [1.54, 1.807) is 0 Å². The first-order valence-electron chi connectivity index (χ1n) is 5.98. The third-order valence-electron chi connectivity index (χ3n) is 2.92. The molecular formula is C12H18O5. The number of allylic oxidation sites excluding steroid dienone is 1. The van der Waals surface area contributed by atoms with Gasteiger partial charge in [0.15, 0.2) is 0 Å². The van der Waals surface area contributed by atoms with E-state index in [2.05, 4.69) is 25.7 Å². The maximum atomic E-state index is 10.6. The lowest BCUT2D eigenvalue weighted by atomic mass is 9.86. The summed E-state index contributed by atoms with van der Waals surface area (Å²) < 4.78 is 9.54. The van der Waals surface area contributed by atoms with Crippen LogP contribution in [0.2, 0.25) is 0 Å². The third kappa shape index (κ3) is 2.39. The first-order chi connectivity index (χ1) is 7.97. The zero-order valence-electron chi connectivity index (χ0n) is 10.4. The highest BCUT2D eigenvalue weighted by molar-refractivity contribution is 5.66. The molecule has 0 N–H and O–H groups in total. The van der Waals surface area contributed by atoms with Crippen LogP contribution in [0.3, 0.4) is 0 Å². The highest BCUT2D eigenvalue weighted by atomic mass is 17.3. The van der Waals surface area contributed by atoms with E-state index in [1.165, 1.54) is 12.8 Å². The largest absolute Gasteiger partial charge is 0.519 e. The van der Waals surface area contributed by atoms with Crippen LogP contribution in [0.4, 0.5) is 4.79 Å². The number of unbranched alkanes of at least 4 members (excludes halogenated alkanes) is 2. The molecule has 2 aliphatic rings. The maximum absolute atomic E-state index is 10.6. The van der Waals surface area contributed by atoms with E-state index in [9.17, 15) is 4.79 Å². The minimum atomic E-state index is -1.38. The number of carbonyl (C=O) groups excluding carboxylic acids is 1. The molecule has 0 aromatic rings. The van der Waals surface area contributed by atoms with Crippen molar-refractivity contribution in [1.82, 2.24) is 0 Å². The second kappa shape index (κ2) is 4.22. The molecule has 5 nitrogen and oxygen atoms in total. The van der Waals surface area contributed by atoms with E-state index in [4.69, 9.17) is 14.4 Å². The van der Waals surface area contributed by atoms with Crippen LogP contribution < -0.4 is 0 Å². The van der Waals surface area contributed by atoms with Crippen molar-refractivity contribution in [2.75, 3.05) is 0 Å². The molecule has 2 rings (SSSR count). The Kier molecular flexibility index (Phi) is 3.03. The molecule has 0 aromatic heterocycles. The first-order valence-corrected chi connectivity index (χ1v) is 5.98. The molecule has 2 aliphatic heterocycles. The van der Waals surface area contributed by atoms with Crippen LogP contribution in [-0.2, 0) is 19.2 Å². The molecule has 5 heteroatoms. The molecule has 0 bridgehead atoms. The predicted octanol–water partition coefficient (Wildman–Crippen LogP) is 3.26. The van der Waals surface area contributed by atoms with Crippen LogP contribution in [0.25, 0.3) is 0 Å². The SMILES string of the molecule is CCCCCC(C)(C)/C=C1\OOC12OC(=O)O2. The van der Waals surface area contributed by atoms with Gasteiger partial charge in [0.25, 0.3) is 5.76 Å². The molecule has 2 saturated heterocycles. The standard InChI is InChI=1S/C12H18O5/c1-4-5-6-7-11(2,3)8-9-12(17-16-9)14-10(13)15-12/h8H,4-7H2,1-3H3/b9-8-. The van der Waals surface area contributed by atoms with E-state index < -0.39 is 12.1 Å². The summed E-state index contributed by atoms with van der Waals surface area (Å²) in [5.74, 6) is -0.947. The third-order valence-corrected chi connectivity index (χ3v) is 2.92. The molecule has 17 heavy (non-hydrogen) atoms. The summed E-state index contributed by atoms with van der Waals surface area (Å²) in [6.45, 7) is 6.38. The van der Waals surface area contributed by atoms with Crippen molar-refractivity contribution in [3.05, 3.63) is 11.8 Å². The van der Waals surface area contributed by atoms with Gasteiger partial charge in [-0.05, 0) is 17.9 Å². The number of ether oxygens (including phenoxy) is 2. The predicted molar refractivity (Wildman–Crippen MR) is 58.5 cm³/mol. The van der Waals surface area contributed by atoms with Gasteiger partial charge in [0, 0.05) is 0 Å². The highest BCUT2D eigenvalue weighted by Crippen LogP contribution is 2.45. The first kappa shape index (κ1) is 12.2. The van der Waals surface area contributed by atoms with E-state index in [-0.39, 0.29) is 5.41 Å². The second-order valence-corrected chi connectivity index (χ2v) is 5.13. The molecule has 0 amide bonds. The van der Waals surface area contributed by atoms with Gasteiger partial charge >= 0.3 is 12.1 Å². The van der Waals surface area contributed by atoms with Gasteiger partial charge in [-0.2, -0.15) is 0 Å². The molecule has 0 saturated carbocycles. The van der Waals surface area contributed by atoms with Crippen LogP contribution in [0, 0.1) is 5.41 Å². The molecule has 0 atom stereocenters. The lowest BCUT2D eigenvalue weighted by Gasteiger charge is -2.43. The zero-order chi connectivity index (χ0) is 12.5. The van der Waals surface area contributed by atoms with Crippen molar-refractivity contribution in [1.29, 1.82) is 0 Å². The minimum absolute atomic E-state index is 0.0351. The quantitative estimate of drug-likeness (QED) is 0.421. The second-order valence-electron chi connectivity index (χ2n) is 5.13. The topological polar surface area (TPSA) is 54.0 Å². The summed E-state index contributed by atoms with van der Waals surface area (Å²) in [5, 5.41) is 0. The van der Waals surface area contributed by atoms with E-state index in [0.29, 0.717) is 5.76 Å². The van der Waals surface area contributed by atoms with Gasteiger partial charge in [0.05, 0.1) is 0 Å². The van der Waals surface area contributed by atoms with E-state index >= 15 is 0 Å². The molecule has 0 aromatic carbocycles. The monoisotopic (exact) mass is 242 g/mol. The summed E-state index contributed by atoms with van der Waals surface area (Å²) in [7, 11) is 0. The molecule has 0 unspecified atom stereocenters. The fourth-order valence-electron chi connectivity index (χ4n) is 1.89. The summed E-state index contributed by atoms with van der Waals surface area (Å²) in [6, 6.07) is 0. The summed E-state index contributed by atoms with van der Waals surface area (Å²) in [5.41, 5.74) is -0.0351. The summed E-state index contributed by atoms with van der Waals surface area (Å²) >= 11 is 0. The lowest BCUT2D eigenvalue weighted by molar-refractivity contribution is -0.581. The Morgan fingerprint density at radius 2 is 2.00 bits per heavy atom. The fraction of sp³-hybridized carbons (Fsp3) is 0.750. The van der Waals surface area contributed by atoms with Gasteiger partial charge < -0.3 is 14.4 Å². The van der Waals surface area contributed by atoms with E-state index in [1.807, 2.05) is 6.08 Å². The fourth-order valence-corrected chi connectivity index (χ4v) is 1.89. The lowest BCUT2D eigenvalue weighted by Crippen LogP contribution is -2.60. The van der Waals surface area contributed by atoms with Crippen molar-refractivity contribution < 1.29 is 24.0 Å². The normalized spacial score (nSPS) is 23.5. The molecule has 96 valence electrons. The molecule has 2 heterocycles. The molecular weight excluding hydrogens is 224 g/mol. The Balaban J connectivity index is 1.92. The van der Waals surface area contributed by atoms with Crippen LogP contribution in [0.1, 0.15) is 46.5 Å². The minimum Gasteiger partial charge on any atom is -0.356 e. The van der Waals surface area contributed by atoms with Crippen LogP contribution in [0.15, 0.2) is 11.8 Å². The van der Waals surface area contributed by atoms with Crippen LogP contribution in [0.5, 0.6) is 0 Å². The van der Waals surface area contributed by atoms with Gasteiger partial charge in [-0.15, -0.1) is 0 Å². The molecule has 2 fully saturated rings. The summed E-state index contributed by atoms with van der Waals surface area (Å²) in [4.78, 5) is 20.1. The van der Waals surface area contributed by atoms with Gasteiger partial charge in [0.1, 0.15) is 0 Å².